The van der Waals surface area contributed by atoms with E-state index in [1.54, 1.807) is 29.2 Å². The Labute approximate surface area is 164 Å². The summed E-state index contributed by atoms with van der Waals surface area (Å²) in [6, 6.07) is 11.7. The number of halogens is 1. The molecule has 0 spiro atoms. The topological polar surface area (TPSA) is 66.9 Å². The van der Waals surface area contributed by atoms with Crippen LogP contribution in [0.25, 0.3) is 0 Å². The first-order chi connectivity index (χ1) is 13.4. The van der Waals surface area contributed by atoms with Crippen molar-refractivity contribution in [3.8, 4) is 5.75 Å². The third-order valence-electron chi connectivity index (χ3n) is 4.55. The summed E-state index contributed by atoms with van der Waals surface area (Å²) in [4.78, 5) is 14.4. The molecule has 8 heteroatoms. The van der Waals surface area contributed by atoms with Crippen LogP contribution in [0.3, 0.4) is 0 Å². The van der Waals surface area contributed by atoms with Gasteiger partial charge in [0.05, 0.1) is 11.5 Å². The van der Waals surface area contributed by atoms with E-state index in [0.717, 1.165) is 18.6 Å². The molecule has 28 heavy (non-hydrogen) atoms. The van der Waals surface area contributed by atoms with Gasteiger partial charge in [-0.1, -0.05) is 6.92 Å². The minimum atomic E-state index is -3.69. The molecule has 1 amide bonds. The van der Waals surface area contributed by atoms with Crippen molar-refractivity contribution in [3.05, 3.63) is 59.9 Å². The van der Waals surface area contributed by atoms with Gasteiger partial charge in [0.1, 0.15) is 11.6 Å². The van der Waals surface area contributed by atoms with E-state index < -0.39 is 15.8 Å². The zero-order valence-electron chi connectivity index (χ0n) is 15.7. The lowest BCUT2D eigenvalue weighted by atomic mass is 10.2. The van der Waals surface area contributed by atoms with Gasteiger partial charge < -0.3 is 9.64 Å². The standard InChI is InChI=1S/C20H23FN2O4S/c1-2-15-27-18-7-3-16(4-8-18)20(24)22-11-13-23(14-12-22)28(25,26)19-9-5-17(21)6-10-19/h3-10H,2,11-15H2,1H3. The first kappa shape index (κ1) is 20.3. The molecular formula is C20H23FN2O4S. The summed E-state index contributed by atoms with van der Waals surface area (Å²) in [7, 11) is -3.69. The molecular weight excluding hydrogens is 383 g/mol. The molecule has 150 valence electrons. The molecule has 0 radical (unpaired) electrons. The zero-order valence-corrected chi connectivity index (χ0v) is 16.5. The van der Waals surface area contributed by atoms with E-state index in [0.29, 0.717) is 31.0 Å². The van der Waals surface area contributed by atoms with Gasteiger partial charge in [0, 0.05) is 31.7 Å². The summed E-state index contributed by atoms with van der Waals surface area (Å²) in [5.74, 6) is 0.0926. The van der Waals surface area contributed by atoms with E-state index in [4.69, 9.17) is 4.74 Å². The summed E-state index contributed by atoms with van der Waals surface area (Å²) in [6.45, 7) is 3.64. The Balaban J connectivity index is 1.61. The number of rotatable bonds is 6. The molecule has 0 bridgehead atoms. The first-order valence-electron chi connectivity index (χ1n) is 9.19. The lowest BCUT2D eigenvalue weighted by molar-refractivity contribution is 0.0698. The average molecular weight is 406 g/mol. The Hall–Kier alpha value is -2.45. The molecule has 0 saturated carbocycles. The van der Waals surface area contributed by atoms with Crippen LogP contribution in [-0.4, -0.2) is 56.3 Å². The summed E-state index contributed by atoms with van der Waals surface area (Å²) >= 11 is 0. The molecule has 2 aromatic carbocycles. The molecule has 0 unspecified atom stereocenters. The SMILES string of the molecule is CCCOc1ccc(C(=O)N2CCN(S(=O)(=O)c3ccc(F)cc3)CC2)cc1. The van der Waals surface area contributed by atoms with Gasteiger partial charge in [0.15, 0.2) is 0 Å². The highest BCUT2D eigenvalue weighted by Gasteiger charge is 2.30. The lowest BCUT2D eigenvalue weighted by Gasteiger charge is -2.34. The van der Waals surface area contributed by atoms with Crippen molar-refractivity contribution in [1.82, 2.24) is 9.21 Å². The lowest BCUT2D eigenvalue weighted by Crippen LogP contribution is -2.50. The number of amides is 1. The van der Waals surface area contributed by atoms with Gasteiger partial charge in [-0.3, -0.25) is 4.79 Å². The number of hydrogen-bond donors (Lipinski definition) is 0. The summed E-state index contributed by atoms with van der Waals surface area (Å²) in [5.41, 5.74) is 0.540. The second-order valence-electron chi connectivity index (χ2n) is 6.52. The van der Waals surface area contributed by atoms with Crippen LogP contribution in [0.15, 0.2) is 53.4 Å². The quantitative estimate of drug-likeness (QED) is 0.740. The minimum Gasteiger partial charge on any atom is -0.494 e. The van der Waals surface area contributed by atoms with E-state index in [9.17, 15) is 17.6 Å². The van der Waals surface area contributed by atoms with Crippen molar-refractivity contribution in [1.29, 1.82) is 0 Å². The second kappa shape index (κ2) is 8.70. The fraction of sp³-hybridized carbons (Fsp3) is 0.350. The van der Waals surface area contributed by atoms with Gasteiger partial charge >= 0.3 is 0 Å². The number of carbonyl (C=O) groups excluding carboxylic acids is 1. The van der Waals surface area contributed by atoms with Crippen LogP contribution in [0.4, 0.5) is 4.39 Å². The third-order valence-corrected chi connectivity index (χ3v) is 6.46. The number of sulfonamides is 1. The molecule has 0 aliphatic carbocycles. The molecule has 3 rings (SSSR count). The maximum Gasteiger partial charge on any atom is 0.253 e. The van der Waals surface area contributed by atoms with E-state index in [1.807, 2.05) is 6.92 Å². The monoisotopic (exact) mass is 406 g/mol. The Kier molecular flexibility index (Phi) is 6.31. The van der Waals surface area contributed by atoms with Crippen LogP contribution in [-0.2, 0) is 10.0 Å². The predicted molar refractivity (Wildman–Crippen MR) is 103 cm³/mol. The second-order valence-corrected chi connectivity index (χ2v) is 8.46. The van der Waals surface area contributed by atoms with Crippen molar-refractivity contribution in [2.24, 2.45) is 0 Å². The number of carbonyl (C=O) groups is 1. The van der Waals surface area contributed by atoms with Gasteiger partial charge in [0.25, 0.3) is 5.91 Å². The highest BCUT2D eigenvalue weighted by Crippen LogP contribution is 2.20. The van der Waals surface area contributed by atoms with E-state index in [-0.39, 0.29) is 23.9 Å². The Morgan fingerprint density at radius 3 is 2.18 bits per heavy atom. The first-order valence-corrected chi connectivity index (χ1v) is 10.6. The molecule has 0 N–H and O–H groups in total. The summed E-state index contributed by atoms with van der Waals surface area (Å²) in [6.07, 6.45) is 0.909. The minimum absolute atomic E-state index is 0.0522. The highest BCUT2D eigenvalue weighted by atomic mass is 32.2. The Bertz CT molecular complexity index is 906. The largest absolute Gasteiger partial charge is 0.494 e. The van der Waals surface area contributed by atoms with Crippen LogP contribution in [0.1, 0.15) is 23.7 Å². The van der Waals surface area contributed by atoms with Crippen molar-refractivity contribution >= 4 is 15.9 Å². The summed E-state index contributed by atoms with van der Waals surface area (Å²) in [5, 5.41) is 0. The Morgan fingerprint density at radius 1 is 1.00 bits per heavy atom. The molecule has 6 nitrogen and oxygen atoms in total. The number of piperazine rings is 1. The number of benzene rings is 2. The van der Waals surface area contributed by atoms with E-state index >= 15 is 0 Å². The Morgan fingerprint density at radius 2 is 1.61 bits per heavy atom. The molecule has 1 fully saturated rings. The van der Waals surface area contributed by atoms with E-state index in [2.05, 4.69) is 0 Å². The molecule has 0 atom stereocenters. The zero-order chi connectivity index (χ0) is 20.1. The normalized spacial score (nSPS) is 15.4. The smallest absolute Gasteiger partial charge is 0.253 e. The fourth-order valence-electron chi connectivity index (χ4n) is 2.98. The van der Waals surface area contributed by atoms with Gasteiger partial charge in [-0.2, -0.15) is 4.31 Å². The fourth-order valence-corrected chi connectivity index (χ4v) is 4.41. The molecule has 0 aromatic heterocycles. The van der Waals surface area contributed by atoms with Gasteiger partial charge in [-0.15, -0.1) is 0 Å². The van der Waals surface area contributed by atoms with Crippen LogP contribution >= 0.6 is 0 Å². The predicted octanol–water partition coefficient (Wildman–Crippen LogP) is 2.76. The van der Waals surface area contributed by atoms with Gasteiger partial charge in [-0.25, -0.2) is 12.8 Å². The van der Waals surface area contributed by atoms with Crippen molar-refractivity contribution in [2.45, 2.75) is 18.2 Å². The van der Waals surface area contributed by atoms with Gasteiger partial charge in [-0.05, 0) is 55.0 Å². The van der Waals surface area contributed by atoms with Crippen LogP contribution in [0.2, 0.25) is 0 Å². The van der Waals surface area contributed by atoms with Crippen LogP contribution in [0.5, 0.6) is 5.75 Å². The third kappa shape index (κ3) is 4.51. The molecule has 1 aliphatic rings. The average Bonchev–Trinajstić information content (AvgIpc) is 2.72. The maximum atomic E-state index is 13.0. The van der Waals surface area contributed by atoms with Crippen LogP contribution in [0, 0.1) is 5.82 Å². The van der Waals surface area contributed by atoms with E-state index in [1.165, 1.54) is 16.4 Å². The number of nitrogens with zero attached hydrogens (tertiary/aromatic N) is 2. The maximum absolute atomic E-state index is 13.0. The molecule has 1 aliphatic heterocycles. The molecule has 1 saturated heterocycles. The van der Waals surface area contributed by atoms with Gasteiger partial charge in [0.2, 0.25) is 10.0 Å². The van der Waals surface area contributed by atoms with Crippen molar-refractivity contribution in [2.75, 3.05) is 32.8 Å². The molecule has 2 aromatic rings. The van der Waals surface area contributed by atoms with Crippen molar-refractivity contribution < 1.29 is 22.3 Å². The highest BCUT2D eigenvalue weighted by molar-refractivity contribution is 7.89. The van der Waals surface area contributed by atoms with Crippen LogP contribution < -0.4 is 4.74 Å². The molecule has 1 heterocycles. The number of ether oxygens (including phenoxy) is 1. The number of hydrogen-bond acceptors (Lipinski definition) is 4. The van der Waals surface area contributed by atoms with Crippen molar-refractivity contribution in [3.63, 3.8) is 0 Å². The summed E-state index contributed by atoms with van der Waals surface area (Å²) < 4.78 is 45.2.